The van der Waals surface area contributed by atoms with E-state index < -0.39 is 23.3 Å². The molecule has 2 aromatic carbocycles. The number of hydrogen-bond donors (Lipinski definition) is 1. The minimum atomic E-state index is -1.55. The molecule has 1 N–H and O–H groups in total. The van der Waals surface area contributed by atoms with Crippen LogP contribution in [-0.4, -0.2) is 65.5 Å². The third-order valence-corrected chi connectivity index (χ3v) is 7.54. The number of likely N-dealkylation sites (tertiary alicyclic amines) is 1. The van der Waals surface area contributed by atoms with E-state index in [1.54, 1.807) is 0 Å². The van der Waals surface area contributed by atoms with Crippen LogP contribution >= 0.6 is 0 Å². The topological polar surface area (TPSA) is 31.5 Å². The SMILES string of the molecule is C[C@@H]1Cc2c([nH]c3ccccc23)[C@H](c2c(F)cc(O[C@H]3CCN(CCCF)C3)cc2F)N1CC(C)(C)F. The molecule has 3 aromatic rings. The molecule has 8 heteroatoms. The first kappa shape index (κ1) is 26.0. The van der Waals surface area contributed by atoms with E-state index in [1.165, 1.54) is 26.0 Å². The van der Waals surface area contributed by atoms with E-state index in [1.807, 2.05) is 36.1 Å². The third-order valence-electron chi connectivity index (χ3n) is 7.54. The molecule has 0 aliphatic carbocycles. The molecule has 0 spiro atoms. The van der Waals surface area contributed by atoms with Gasteiger partial charge < -0.3 is 9.72 Å². The van der Waals surface area contributed by atoms with Crippen LogP contribution in [-0.2, 0) is 6.42 Å². The van der Waals surface area contributed by atoms with Crippen molar-refractivity contribution in [3.8, 4) is 5.75 Å². The van der Waals surface area contributed by atoms with E-state index in [0.29, 0.717) is 31.6 Å². The lowest BCUT2D eigenvalue weighted by Gasteiger charge is -2.43. The Morgan fingerprint density at radius 3 is 2.57 bits per heavy atom. The Balaban J connectivity index is 1.50. The molecule has 2 aliphatic heterocycles. The summed E-state index contributed by atoms with van der Waals surface area (Å²) >= 11 is 0. The summed E-state index contributed by atoms with van der Waals surface area (Å²) < 4.78 is 64.9. The largest absolute Gasteiger partial charge is 0.489 e. The molecule has 37 heavy (non-hydrogen) atoms. The van der Waals surface area contributed by atoms with Crippen LogP contribution < -0.4 is 4.74 Å². The summed E-state index contributed by atoms with van der Waals surface area (Å²) in [6.07, 6.45) is 1.63. The predicted octanol–water partition coefficient (Wildman–Crippen LogP) is 6.34. The molecule has 2 aliphatic rings. The molecule has 0 bridgehead atoms. The average Bonchev–Trinajstić information content (AvgIpc) is 3.42. The first-order valence-corrected chi connectivity index (χ1v) is 13.1. The maximum atomic E-state index is 15.8. The van der Waals surface area contributed by atoms with Crippen molar-refractivity contribution in [3.63, 3.8) is 0 Å². The quantitative estimate of drug-likeness (QED) is 0.354. The van der Waals surface area contributed by atoms with Gasteiger partial charge in [-0.05, 0) is 51.7 Å². The molecule has 0 unspecified atom stereocenters. The Morgan fingerprint density at radius 2 is 1.86 bits per heavy atom. The van der Waals surface area contributed by atoms with Gasteiger partial charge in [0.05, 0.1) is 12.7 Å². The number of para-hydroxylation sites is 1. The zero-order chi connectivity index (χ0) is 26.3. The Labute approximate surface area is 215 Å². The van der Waals surface area contributed by atoms with Gasteiger partial charge in [0.1, 0.15) is 29.2 Å². The number of rotatable bonds is 8. The van der Waals surface area contributed by atoms with Crippen LogP contribution in [0.1, 0.15) is 56.5 Å². The van der Waals surface area contributed by atoms with Crippen LogP contribution in [0, 0.1) is 11.6 Å². The lowest BCUT2D eigenvalue weighted by atomic mass is 9.87. The summed E-state index contributed by atoms with van der Waals surface area (Å²) in [5.74, 6) is -1.30. The van der Waals surface area contributed by atoms with Gasteiger partial charge in [0.15, 0.2) is 0 Å². The van der Waals surface area contributed by atoms with Crippen LogP contribution in [0.25, 0.3) is 10.9 Å². The highest BCUT2D eigenvalue weighted by atomic mass is 19.1. The van der Waals surface area contributed by atoms with Crippen LogP contribution in [0.15, 0.2) is 36.4 Å². The van der Waals surface area contributed by atoms with Gasteiger partial charge in [-0.1, -0.05) is 18.2 Å². The van der Waals surface area contributed by atoms with E-state index in [4.69, 9.17) is 4.74 Å². The summed E-state index contributed by atoms with van der Waals surface area (Å²) in [5.41, 5.74) is 0.953. The maximum absolute atomic E-state index is 15.8. The first-order valence-electron chi connectivity index (χ1n) is 13.1. The average molecular weight is 518 g/mol. The van der Waals surface area contributed by atoms with Crippen molar-refractivity contribution in [1.29, 1.82) is 0 Å². The number of aromatic nitrogens is 1. The van der Waals surface area contributed by atoms with Gasteiger partial charge in [-0.25, -0.2) is 13.2 Å². The predicted molar refractivity (Wildman–Crippen MR) is 138 cm³/mol. The van der Waals surface area contributed by atoms with Crippen LogP contribution in [0.2, 0.25) is 0 Å². The van der Waals surface area contributed by atoms with Crippen molar-refractivity contribution in [1.82, 2.24) is 14.8 Å². The summed E-state index contributed by atoms with van der Waals surface area (Å²) in [5, 5.41) is 1.02. The van der Waals surface area contributed by atoms with Crippen molar-refractivity contribution in [2.45, 2.75) is 63.9 Å². The number of aromatic amines is 1. The number of nitrogens with zero attached hydrogens (tertiary/aromatic N) is 2. The molecule has 0 amide bonds. The van der Waals surface area contributed by atoms with Gasteiger partial charge in [-0.15, -0.1) is 0 Å². The minimum Gasteiger partial charge on any atom is -0.489 e. The normalized spacial score (nSPS) is 23.1. The van der Waals surface area contributed by atoms with E-state index in [2.05, 4.69) is 9.88 Å². The minimum absolute atomic E-state index is 0.0293. The molecule has 3 atom stereocenters. The Hall–Kier alpha value is -2.58. The van der Waals surface area contributed by atoms with Gasteiger partial charge in [-0.2, -0.15) is 0 Å². The number of halogens is 4. The van der Waals surface area contributed by atoms with Crippen LogP contribution in [0.3, 0.4) is 0 Å². The van der Waals surface area contributed by atoms with Gasteiger partial charge in [0.2, 0.25) is 0 Å². The number of benzene rings is 2. The Bertz CT molecular complexity index is 1230. The second kappa shape index (κ2) is 10.3. The fourth-order valence-corrected chi connectivity index (χ4v) is 5.96. The van der Waals surface area contributed by atoms with Crippen molar-refractivity contribution >= 4 is 10.9 Å². The van der Waals surface area contributed by atoms with Gasteiger partial charge in [0.25, 0.3) is 0 Å². The molecule has 1 fully saturated rings. The smallest absolute Gasteiger partial charge is 0.135 e. The lowest BCUT2D eigenvalue weighted by molar-refractivity contribution is 0.0642. The molecule has 3 heterocycles. The third kappa shape index (κ3) is 5.36. The molecule has 4 nitrogen and oxygen atoms in total. The molecule has 0 saturated carbocycles. The molecular formula is C29H35F4N3O. The fraction of sp³-hybridized carbons (Fsp3) is 0.517. The highest BCUT2D eigenvalue weighted by Crippen LogP contribution is 2.43. The van der Waals surface area contributed by atoms with Crippen LogP contribution in [0.4, 0.5) is 17.6 Å². The molecule has 1 saturated heterocycles. The zero-order valence-corrected chi connectivity index (χ0v) is 21.7. The van der Waals surface area contributed by atoms with Crippen molar-refractivity contribution in [3.05, 3.63) is 64.9 Å². The van der Waals surface area contributed by atoms with Crippen molar-refractivity contribution in [2.75, 3.05) is 32.9 Å². The fourth-order valence-electron chi connectivity index (χ4n) is 5.96. The molecule has 1 aromatic heterocycles. The summed E-state index contributed by atoms with van der Waals surface area (Å²) in [6, 6.07) is 9.36. The summed E-state index contributed by atoms with van der Waals surface area (Å²) in [6.45, 7) is 6.62. The number of fused-ring (bicyclic) bond motifs is 3. The van der Waals surface area contributed by atoms with Crippen LogP contribution in [0.5, 0.6) is 5.75 Å². The van der Waals surface area contributed by atoms with Gasteiger partial charge >= 0.3 is 0 Å². The summed E-state index contributed by atoms with van der Waals surface area (Å²) in [7, 11) is 0. The number of hydrogen-bond acceptors (Lipinski definition) is 3. The van der Waals surface area contributed by atoms with E-state index in [0.717, 1.165) is 29.4 Å². The number of alkyl halides is 2. The van der Waals surface area contributed by atoms with E-state index in [-0.39, 0.29) is 36.7 Å². The Kier molecular flexibility index (Phi) is 7.24. The molecule has 5 rings (SSSR count). The van der Waals surface area contributed by atoms with E-state index >= 15 is 8.78 Å². The Morgan fingerprint density at radius 1 is 1.14 bits per heavy atom. The number of ether oxygens (including phenoxy) is 1. The first-order chi connectivity index (χ1) is 17.6. The molecule has 200 valence electrons. The monoisotopic (exact) mass is 517 g/mol. The standard InChI is InChI=1S/C29H35F4N3O/c1-18-13-22-21-7-4-5-8-25(21)34-27(22)28(36(18)17-29(2,3)33)26-23(31)14-20(15-24(26)32)37-19-9-12-35(16-19)11-6-10-30/h4-5,7-8,14-15,18-19,28,34H,6,9-13,16-17H2,1-3H3/t18-,19+,28+/m1/s1. The zero-order valence-electron chi connectivity index (χ0n) is 21.7. The number of nitrogens with one attached hydrogen (secondary N) is 1. The lowest BCUT2D eigenvalue weighted by Crippen LogP contribution is -2.48. The number of H-pyrrole nitrogens is 1. The van der Waals surface area contributed by atoms with Gasteiger partial charge in [0, 0.05) is 66.5 Å². The van der Waals surface area contributed by atoms with E-state index in [9.17, 15) is 8.78 Å². The van der Waals surface area contributed by atoms with Gasteiger partial charge in [-0.3, -0.25) is 14.2 Å². The van der Waals surface area contributed by atoms with Crippen molar-refractivity contribution < 1.29 is 22.3 Å². The highest BCUT2D eigenvalue weighted by molar-refractivity contribution is 5.85. The second-order valence-corrected chi connectivity index (χ2v) is 11.1. The second-order valence-electron chi connectivity index (χ2n) is 11.1. The van der Waals surface area contributed by atoms with Crippen molar-refractivity contribution in [2.24, 2.45) is 0 Å². The highest BCUT2D eigenvalue weighted by Gasteiger charge is 2.41. The molecule has 0 radical (unpaired) electrons. The maximum Gasteiger partial charge on any atom is 0.135 e. The summed E-state index contributed by atoms with van der Waals surface area (Å²) in [4.78, 5) is 7.35. The molecular weight excluding hydrogens is 482 g/mol.